The van der Waals surface area contributed by atoms with Crippen LogP contribution in [-0.4, -0.2) is 12.3 Å². The predicted molar refractivity (Wildman–Crippen MR) is 46.5 cm³/mol. The summed E-state index contributed by atoms with van der Waals surface area (Å²) in [5.74, 6) is 0. The summed E-state index contributed by atoms with van der Waals surface area (Å²) in [4.78, 5) is 0. The highest BCUT2D eigenvalue weighted by atomic mass is 16.8. The van der Waals surface area contributed by atoms with Gasteiger partial charge in [0.25, 0.3) is 0 Å². The smallest absolute Gasteiger partial charge is 0.187 e. The fourth-order valence-electron chi connectivity index (χ4n) is 1.18. The molecule has 66 valence electrons. The molecule has 0 aromatic heterocycles. The number of nitrogens with one attached hydrogen (secondary N) is 2. The van der Waals surface area contributed by atoms with Gasteiger partial charge in [0.05, 0.1) is 0 Å². The molecule has 0 saturated heterocycles. The standard InChI is InChI=1S/C8H12N2O2/c1-6-4-3-5-7(10(11)12)8(6)9-2/h3-5,9-11H,1-2H3. The van der Waals surface area contributed by atoms with Crippen molar-refractivity contribution in [1.29, 1.82) is 0 Å². The van der Waals surface area contributed by atoms with E-state index in [2.05, 4.69) is 5.32 Å². The number of hydrogen-bond donors (Lipinski definition) is 3. The normalized spacial score (nSPS) is 12.7. The van der Waals surface area contributed by atoms with Gasteiger partial charge in [-0.2, -0.15) is 5.23 Å². The molecular weight excluding hydrogens is 156 g/mol. The average Bonchev–Trinajstić information content (AvgIpc) is 2.03. The monoisotopic (exact) mass is 168 g/mol. The number of rotatable bonds is 2. The molecule has 12 heavy (non-hydrogen) atoms. The zero-order valence-corrected chi connectivity index (χ0v) is 7.09. The van der Waals surface area contributed by atoms with E-state index in [1.54, 1.807) is 19.2 Å². The van der Waals surface area contributed by atoms with Crippen molar-refractivity contribution in [3.63, 3.8) is 0 Å². The van der Waals surface area contributed by atoms with E-state index < -0.39 is 5.23 Å². The third-order valence-electron chi connectivity index (χ3n) is 1.75. The Morgan fingerprint density at radius 1 is 1.50 bits per heavy atom. The Bertz CT molecular complexity index is 274. The Balaban J connectivity index is 3.18. The van der Waals surface area contributed by atoms with Crippen molar-refractivity contribution in [2.24, 2.45) is 0 Å². The van der Waals surface area contributed by atoms with Crippen molar-refractivity contribution >= 4 is 11.4 Å². The average molecular weight is 168 g/mol. The van der Waals surface area contributed by atoms with Crippen LogP contribution in [0.5, 0.6) is 0 Å². The predicted octanol–water partition coefficient (Wildman–Crippen LogP) is 0.440. The van der Waals surface area contributed by atoms with Gasteiger partial charge in [0.15, 0.2) is 5.69 Å². The highest BCUT2D eigenvalue weighted by Crippen LogP contribution is 2.20. The first-order chi connectivity index (χ1) is 5.66. The van der Waals surface area contributed by atoms with Gasteiger partial charge < -0.3 is 10.5 Å². The van der Waals surface area contributed by atoms with Gasteiger partial charge in [-0.3, -0.25) is 0 Å². The lowest BCUT2D eigenvalue weighted by Gasteiger charge is -2.16. The zero-order chi connectivity index (χ0) is 9.14. The molecule has 1 atom stereocenters. The van der Waals surface area contributed by atoms with Gasteiger partial charge in [-0.05, 0) is 12.5 Å². The molecule has 1 rings (SSSR count). The molecule has 0 bridgehead atoms. The van der Waals surface area contributed by atoms with Gasteiger partial charge in [-0.15, -0.1) is 0 Å². The molecule has 1 aromatic rings. The van der Waals surface area contributed by atoms with E-state index in [0.717, 1.165) is 5.56 Å². The minimum absolute atomic E-state index is 0.317. The SMILES string of the molecule is CNc1c(C)cccc1[NH+]([O-])O. The van der Waals surface area contributed by atoms with Crippen molar-refractivity contribution in [3.8, 4) is 0 Å². The number of hydrogen-bond acceptors (Lipinski definition) is 3. The first kappa shape index (κ1) is 8.99. The lowest BCUT2D eigenvalue weighted by molar-refractivity contribution is -0.990. The van der Waals surface area contributed by atoms with Crippen LogP contribution in [0, 0.1) is 12.1 Å². The van der Waals surface area contributed by atoms with Crippen molar-refractivity contribution < 1.29 is 10.4 Å². The summed E-state index contributed by atoms with van der Waals surface area (Å²) in [5.41, 5.74) is 1.94. The van der Waals surface area contributed by atoms with Crippen molar-refractivity contribution in [3.05, 3.63) is 29.0 Å². The maximum Gasteiger partial charge on any atom is 0.187 e. The second-order valence-electron chi connectivity index (χ2n) is 2.55. The summed E-state index contributed by atoms with van der Waals surface area (Å²) in [6, 6.07) is 5.19. The van der Waals surface area contributed by atoms with E-state index in [1.165, 1.54) is 0 Å². The maximum absolute atomic E-state index is 10.7. The van der Waals surface area contributed by atoms with E-state index >= 15 is 0 Å². The van der Waals surface area contributed by atoms with E-state index in [-0.39, 0.29) is 0 Å². The Morgan fingerprint density at radius 3 is 2.58 bits per heavy atom. The molecule has 4 heteroatoms. The maximum atomic E-state index is 10.7. The number of para-hydroxylation sites is 1. The summed E-state index contributed by atoms with van der Waals surface area (Å²) < 4.78 is 0. The first-order valence-corrected chi connectivity index (χ1v) is 3.67. The molecule has 1 unspecified atom stereocenters. The molecule has 0 aliphatic heterocycles. The molecule has 0 heterocycles. The van der Waals surface area contributed by atoms with Gasteiger partial charge >= 0.3 is 0 Å². The third-order valence-corrected chi connectivity index (χ3v) is 1.75. The van der Waals surface area contributed by atoms with Gasteiger partial charge in [0, 0.05) is 13.1 Å². The van der Waals surface area contributed by atoms with Crippen LogP contribution in [0.2, 0.25) is 0 Å². The molecule has 0 aliphatic rings. The summed E-state index contributed by atoms with van der Waals surface area (Å²) in [5, 5.41) is 21.4. The topological polar surface area (TPSA) is 59.8 Å². The molecule has 0 saturated carbocycles. The number of benzene rings is 1. The van der Waals surface area contributed by atoms with Crippen LogP contribution in [0.4, 0.5) is 11.4 Å². The lowest BCUT2D eigenvalue weighted by atomic mass is 10.2. The number of quaternary nitrogens is 1. The van der Waals surface area contributed by atoms with E-state index in [0.29, 0.717) is 11.4 Å². The summed E-state index contributed by atoms with van der Waals surface area (Å²) in [6.07, 6.45) is 0. The minimum atomic E-state index is -0.900. The van der Waals surface area contributed by atoms with Crippen molar-refractivity contribution in [1.82, 2.24) is 0 Å². The first-order valence-electron chi connectivity index (χ1n) is 3.67. The third kappa shape index (κ3) is 1.55. The Morgan fingerprint density at radius 2 is 2.17 bits per heavy atom. The molecule has 4 nitrogen and oxygen atoms in total. The largest absolute Gasteiger partial charge is 0.595 e. The van der Waals surface area contributed by atoms with E-state index in [9.17, 15) is 5.21 Å². The molecular formula is C8H12N2O2. The fraction of sp³-hybridized carbons (Fsp3) is 0.250. The second kappa shape index (κ2) is 3.53. The number of anilines is 1. The molecule has 1 aromatic carbocycles. The lowest BCUT2D eigenvalue weighted by Crippen LogP contribution is -2.99. The highest BCUT2D eigenvalue weighted by Gasteiger charge is 2.08. The Labute approximate surface area is 71.0 Å². The quantitative estimate of drug-likeness (QED) is 0.561. The van der Waals surface area contributed by atoms with Gasteiger partial charge in [0.1, 0.15) is 5.69 Å². The second-order valence-corrected chi connectivity index (χ2v) is 2.55. The number of aryl methyl sites for hydroxylation is 1. The summed E-state index contributed by atoms with van der Waals surface area (Å²) in [6.45, 7) is 1.87. The molecule has 0 fully saturated rings. The highest BCUT2D eigenvalue weighted by molar-refractivity contribution is 5.65. The van der Waals surface area contributed by atoms with Crippen LogP contribution in [0.3, 0.4) is 0 Å². The van der Waals surface area contributed by atoms with Crippen molar-refractivity contribution in [2.45, 2.75) is 6.92 Å². The zero-order valence-electron chi connectivity index (χ0n) is 7.09. The summed E-state index contributed by atoms with van der Waals surface area (Å²) >= 11 is 0. The fourth-order valence-corrected chi connectivity index (χ4v) is 1.18. The molecule has 3 N–H and O–H groups in total. The van der Waals surface area contributed by atoms with Crippen LogP contribution in [0.1, 0.15) is 5.56 Å². The van der Waals surface area contributed by atoms with Gasteiger partial charge in [0.2, 0.25) is 0 Å². The van der Waals surface area contributed by atoms with Crippen LogP contribution < -0.4 is 10.5 Å². The molecule has 0 spiro atoms. The van der Waals surface area contributed by atoms with Crippen LogP contribution in [0.25, 0.3) is 0 Å². The van der Waals surface area contributed by atoms with Crippen molar-refractivity contribution in [2.75, 3.05) is 12.4 Å². The van der Waals surface area contributed by atoms with Gasteiger partial charge in [-0.25, -0.2) is 5.21 Å². The molecule has 0 radical (unpaired) electrons. The van der Waals surface area contributed by atoms with Gasteiger partial charge in [-0.1, -0.05) is 12.1 Å². The Kier molecular flexibility index (Phi) is 2.65. The van der Waals surface area contributed by atoms with Crippen LogP contribution in [0.15, 0.2) is 18.2 Å². The molecule has 0 amide bonds. The van der Waals surface area contributed by atoms with E-state index in [4.69, 9.17) is 5.21 Å². The molecule has 0 aliphatic carbocycles. The van der Waals surface area contributed by atoms with Crippen LogP contribution in [-0.2, 0) is 0 Å². The minimum Gasteiger partial charge on any atom is -0.595 e. The van der Waals surface area contributed by atoms with E-state index in [1.807, 2.05) is 13.0 Å². The van der Waals surface area contributed by atoms with Crippen LogP contribution >= 0.6 is 0 Å². The Hall–Kier alpha value is -1.10. The summed E-state index contributed by atoms with van der Waals surface area (Å²) in [7, 11) is 1.72.